The number of nitrogens with zero attached hydrogens (tertiary/aromatic N) is 1. The fraction of sp³-hybridized carbons (Fsp3) is 0.750. The lowest BCUT2D eigenvalue weighted by Gasteiger charge is -2.16. The highest BCUT2D eigenvalue weighted by Crippen LogP contribution is 2.33. The van der Waals surface area contributed by atoms with E-state index < -0.39 is 17.8 Å². The summed E-state index contributed by atoms with van der Waals surface area (Å²) in [5.41, 5.74) is 0. The molecule has 3 saturated heterocycles. The van der Waals surface area contributed by atoms with Crippen LogP contribution in [0.15, 0.2) is 0 Å². The molecule has 0 aromatic carbocycles. The van der Waals surface area contributed by atoms with Crippen LogP contribution in [-0.4, -0.2) is 64.4 Å². The Morgan fingerprint density at radius 1 is 1.00 bits per heavy atom. The first kappa shape index (κ1) is 23.4. The lowest BCUT2D eigenvalue weighted by atomic mass is 10.0. The van der Waals surface area contributed by atoms with Gasteiger partial charge in [-0.25, -0.2) is 9.59 Å². The van der Waals surface area contributed by atoms with Gasteiger partial charge >= 0.3 is 12.0 Å². The zero-order chi connectivity index (χ0) is 22.2. The molecule has 5 amide bonds. The smallest absolute Gasteiger partial charge is 0.333 e. The Balaban J connectivity index is 1.15. The summed E-state index contributed by atoms with van der Waals surface area (Å²) in [5, 5.41) is 9.77. The van der Waals surface area contributed by atoms with Gasteiger partial charge in [0, 0.05) is 43.2 Å². The Labute approximate surface area is 185 Å². The third kappa shape index (κ3) is 6.84. The highest BCUT2D eigenvalue weighted by Gasteiger charge is 2.42. The first-order valence-electron chi connectivity index (χ1n) is 11.0. The van der Waals surface area contributed by atoms with Crippen molar-refractivity contribution >= 4 is 41.5 Å². The number of fused-ring (bicyclic) bond motifs is 1. The van der Waals surface area contributed by atoms with Crippen molar-refractivity contribution in [3.63, 3.8) is 0 Å². The topological polar surface area (TPSA) is 134 Å². The Hall–Kier alpha value is -2.30. The average Bonchev–Trinajstić information content (AvgIpc) is 3.38. The summed E-state index contributed by atoms with van der Waals surface area (Å²) in [6, 6.07) is 0.367. The first-order valence-corrected chi connectivity index (χ1v) is 12.0. The number of carbonyl (C=O) groups is 5. The molecule has 172 valence electrons. The van der Waals surface area contributed by atoms with Crippen molar-refractivity contribution in [2.24, 2.45) is 0 Å². The fourth-order valence-electron chi connectivity index (χ4n) is 3.97. The summed E-state index contributed by atoms with van der Waals surface area (Å²) in [6.45, 7) is 0.552. The summed E-state index contributed by atoms with van der Waals surface area (Å²) in [5.74, 6) is -0.574. The van der Waals surface area contributed by atoms with E-state index in [4.69, 9.17) is 4.84 Å². The molecule has 3 aliphatic rings. The van der Waals surface area contributed by atoms with Gasteiger partial charge < -0.3 is 20.8 Å². The Morgan fingerprint density at radius 2 is 1.74 bits per heavy atom. The van der Waals surface area contributed by atoms with Crippen molar-refractivity contribution in [2.75, 3.05) is 12.3 Å². The summed E-state index contributed by atoms with van der Waals surface area (Å²) in [6.07, 6.45) is 5.60. The number of thioether (sulfide) groups is 1. The zero-order valence-corrected chi connectivity index (χ0v) is 18.3. The molecule has 0 unspecified atom stereocenters. The van der Waals surface area contributed by atoms with Crippen molar-refractivity contribution in [2.45, 2.75) is 81.5 Å². The van der Waals surface area contributed by atoms with E-state index in [0.29, 0.717) is 29.7 Å². The van der Waals surface area contributed by atoms with Crippen molar-refractivity contribution in [1.82, 2.24) is 21.0 Å². The van der Waals surface area contributed by atoms with E-state index in [1.165, 1.54) is 0 Å². The second-order valence-electron chi connectivity index (χ2n) is 8.07. The van der Waals surface area contributed by atoms with Gasteiger partial charge in [-0.2, -0.15) is 11.8 Å². The van der Waals surface area contributed by atoms with Gasteiger partial charge in [0.05, 0.1) is 12.1 Å². The molecular formula is C20H30N4O6S. The van der Waals surface area contributed by atoms with Crippen molar-refractivity contribution < 1.29 is 28.8 Å². The van der Waals surface area contributed by atoms with E-state index in [2.05, 4.69) is 16.0 Å². The number of carbonyl (C=O) groups excluding carboxylic acids is 5. The number of hydrogen-bond donors (Lipinski definition) is 3. The Morgan fingerprint density at radius 3 is 2.52 bits per heavy atom. The number of nitrogens with one attached hydrogen (secondary N) is 3. The van der Waals surface area contributed by atoms with E-state index in [1.54, 1.807) is 0 Å². The number of urea groups is 1. The standard InChI is InChI=1S/C20H30N4O6S/c25-15(7-4-3-6-14-19-13(12-31-14)22-20(29)23-19)21-11-5-1-2-8-18(28)30-24-16(26)9-10-17(24)27/h13-14,19H,1-12H2,(H,21,25)(H2,22,23,29)/t13-,14+,19+/m1/s1. The highest BCUT2D eigenvalue weighted by atomic mass is 32.2. The summed E-state index contributed by atoms with van der Waals surface area (Å²) < 4.78 is 0. The van der Waals surface area contributed by atoms with Gasteiger partial charge in [-0.3, -0.25) is 14.4 Å². The van der Waals surface area contributed by atoms with Crippen LogP contribution in [-0.2, 0) is 24.0 Å². The van der Waals surface area contributed by atoms with Crippen LogP contribution < -0.4 is 16.0 Å². The molecule has 0 bridgehead atoms. The maximum atomic E-state index is 11.9. The average molecular weight is 455 g/mol. The lowest BCUT2D eigenvalue weighted by molar-refractivity contribution is -0.197. The molecule has 3 fully saturated rings. The largest absolute Gasteiger partial charge is 0.356 e. The van der Waals surface area contributed by atoms with Crippen LogP contribution in [0.25, 0.3) is 0 Å². The van der Waals surface area contributed by atoms with Gasteiger partial charge in [-0.05, 0) is 25.7 Å². The number of hydroxylamine groups is 2. The van der Waals surface area contributed by atoms with Gasteiger partial charge in [0.2, 0.25) is 5.91 Å². The van der Waals surface area contributed by atoms with Gasteiger partial charge in [0.25, 0.3) is 11.8 Å². The predicted molar refractivity (Wildman–Crippen MR) is 113 cm³/mol. The number of unbranched alkanes of at least 4 members (excludes halogenated alkanes) is 3. The van der Waals surface area contributed by atoms with E-state index in [9.17, 15) is 24.0 Å². The van der Waals surface area contributed by atoms with Crippen LogP contribution in [0.1, 0.15) is 64.2 Å². The van der Waals surface area contributed by atoms with Crippen molar-refractivity contribution in [3.05, 3.63) is 0 Å². The van der Waals surface area contributed by atoms with Gasteiger partial charge in [0.15, 0.2) is 0 Å². The minimum absolute atomic E-state index is 0.0262. The molecular weight excluding hydrogens is 424 g/mol. The third-order valence-corrected chi connectivity index (χ3v) is 7.17. The molecule has 3 aliphatic heterocycles. The molecule has 10 nitrogen and oxygen atoms in total. The lowest BCUT2D eigenvalue weighted by Crippen LogP contribution is -2.36. The molecule has 0 saturated carbocycles. The molecule has 11 heteroatoms. The minimum atomic E-state index is -0.590. The molecule has 0 aromatic rings. The normalized spacial score (nSPS) is 24.7. The quantitative estimate of drug-likeness (QED) is 0.227. The number of hydrogen-bond acceptors (Lipinski definition) is 7. The second-order valence-corrected chi connectivity index (χ2v) is 9.35. The maximum absolute atomic E-state index is 11.9. The molecule has 0 aliphatic carbocycles. The monoisotopic (exact) mass is 454 g/mol. The number of imide groups is 1. The Kier molecular flexibility index (Phi) is 8.56. The van der Waals surface area contributed by atoms with Crippen LogP contribution in [0.3, 0.4) is 0 Å². The summed E-state index contributed by atoms with van der Waals surface area (Å²) in [7, 11) is 0. The van der Waals surface area contributed by atoms with Crippen molar-refractivity contribution in [3.8, 4) is 0 Å². The molecule has 0 aromatic heterocycles. The van der Waals surface area contributed by atoms with E-state index in [1.807, 2.05) is 11.8 Å². The SMILES string of the molecule is O=C(CCCC[C@@H]1SC[C@H]2NC(=O)N[C@H]12)NCCCCCC(=O)ON1C(=O)CCC1=O. The van der Waals surface area contributed by atoms with Crippen LogP contribution >= 0.6 is 11.8 Å². The number of amides is 5. The van der Waals surface area contributed by atoms with E-state index >= 15 is 0 Å². The molecule has 0 radical (unpaired) electrons. The van der Waals surface area contributed by atoms with Gasteiger partial charge in [-0.1, -0.05) is 12.8 Å². The molecule has 31 heavy (non-hydrogen) atoms. The Bertz CT molecular complexity index is 702. The zero-order valence-electron chi connectivity index (χ0n) is 17.5. The van der Waals surface area contributed by atoms with E-state index in [-0.39, 0.29) is 43.3 Å². The first-order chi connectivity index (χ1) is 14.9. The van der Waals surface area contributed by atoms with E-state index in [0.717, 1.165) is 37.9 Å². The molecule has 3 rings (SSSR count). The number of rotatable bonds is 12. The van der Waals surface area contributed by atoms with Crippen LogP contribution in [0.2, 0.25) is 0 Å². The van der Waals surface area contributed by atoms with Gasteiger partial charge in [0.1, 0.15) is 0 Å². The van der Waals surface area contributed by atoms with Crippen LogP contribution in [0.5, 0.6) is 0 Å². The van der Waals surface area contributed by atoms with Gasteiger partial charge in [-0.15, -0.1) is 5.06 Å². The summed E-state index contributed by atoms with van der Waals surface area (Å²) in [4.78, 5) is 62.6. The minimum Gasteiger partial charge on any atom is -0.356 e. The maximum Gasteiger partial charge on any atom is 0.333 e. The predicted octanol–water partition coefficient (Wildman–Crippen LogP) is 0.996. The molecule has 3 heterocycles. The fourth-order valence-corrected chi connectivity index (χ4v) is 5.51. The van der Waals surface area contributed by atoms with Crippen molar-refractivity contribution in [1.29, 1.82) is 0 Å². The second kappa shape index (κ2) is 11.4. The third-order valence-electron chi connectivity index (χ3n) is 5.66. The summed E-state index contributed by atoms with van der Waals surface area (Å²) >= 11 is 1.88. The molecule has 3 atom stereocenters. The molecule has 3 N–H and O–H groups in total. The van der Waals surface area contributed by atoms with Crippen LogP contribution in [0, 0.1) is 0 Å². The van der Waals surface area contributed by atoms with Crippen LogP contribution in [0.4, 0.5) is 4.79 Å². The highest BCUT2D eigenvalue weighted by molar-refractivity contribution is 8.00. The molecule has 0 spiro atoms.